The van der Waals surface area contributed by atoms with Crippen LogP contribution in [0.3, 0.4) is 0 Å². The summed E-state index contributed by atoms with van der Waals surface area (Å²) in [5.74, 6) is -1.04. The predicted octanol–water partition coefficient (Wildman–Crippen LogP) is 1.68. The maximum Gasteiger partial charge on any atom is 0.347 e. The van der Waals surface area contributed by atoms with Crippen molar-refractivity contribution < 1.29 is 19.1 Å². The number of ether oxygens (including phenoxy) is 2. The van der Waals surface area contributed by atoms with Crippen LogP contribution in [-0.2, 0) is 25.7 Å². The molecule has 0 radical (unpaired) electrons. The van der Waals surface area contributed by atoms with Crippen molar-refractivity contribution in [2.24, 2.45) is 0 Å². The molecule has 0 bridgehead atoms. The Morgan fingerprint density at radius 3 is 2.44 bits per heavy atom. The third kappa shape index (κ3) is 4.13. The number of esters is 2. The van der Waals surface area contributed by atoms with Gasteiger partial charge in [0.25, 0.3) is 0 Å². The third-order valence-electron chi connectivity index (χ3n) is 1.90. The van der Waals surface area contributed by atoms with Gasteiger partial charge in [0.1, 0.15) is 6.61 Å². The molecule has 0 aromatic heterocycles. The van der Waals surface area contributed by atoms with Gasteiger partial charge in [-0.25, -0.2) is 4.79 Å². The number of hydrogen-bond acceptors (Lipinski definition) is 4. The summed E-state index contributed by atoms with van der Waals surface area (Å²) in [6, 6.07) is 9.30. The molecule has 1 rings (SSSR count). The number of carbonyl (C=O) groups is 2. The quantitative estimate of drug-likeness (QED) is 0.727. The van der Waals surface area contributed by atoms with Crippen LogP contribution in [0.25, 0.3) is 0 Å². The minimum atomic E-state index is -0.860. The molecule has 16 heavy (non-hydrogen) atoms. The maximum absolute atomic E-state index is 11.4. The molecule has 0 heterocycles. The molecule has 0 aliphatic rings. The third-order valence-corrected chi connectivity index (χ3v) is 1.90. The largest absolute Gasteiger partial charge is 0.458 e. The van der Waals surface area contributed by atoms with E-state index in [2.05, 4.69) is 4.74 Å². The fourth-order valence-electron chi connectivity index (χ4n) is 1.14. The lowest BCUT2D eigenvalue weighted by Gasteiger charge is -2.11. The Bertz CT molecular complexity index is 359. The molecule has 0 aliphatic heterocycles. The maximum atomic E-state index is 11.4. The first-order valence-electron chi connectivity index (χ1n) is 4.97. The van der Waals surface area contributed by atoms with Gasteiger partial charge in [0.15, 0.2) is 6.10 Å². The lowest BCUT2D eigenvalue weighted by atomic mass is 10.2. The van der Waals surface area contributed by atoms with Gasteiger partial charge in [0, 0.05) is 6.92 Å². The second-order valence-corrected chi connectivity index (χ2v) is 3.34. The van der Waals surface area contributed by atoms with Gasteiger partial charge in [-0.1, -0.05) is 30.3 Å². The summed E-state index contributed by atoms with van der Waals surface area (Å²) in [6.45, 7) is 2.92. The average molecular weight is 222 g/mol. The molecule has 0 aliphatic carbocycles. The van der Waals surface area contributed by atoms with Gasteiger partial charge in [0.2, 0.25) is 0 Å². The zero-order valence-electron chi connectivity index (χ0n) is 9.30. The molecule has 0 saturated carbocycles. The molecular formula is C12H14O4. The predicted molar refractivity (Wildman–Crippen MR) is 57.5 cm³/mol. The highest BCUT2D eigenvalue weighted by molar-refractivity contribution is 5.78. The van der Waals surface area contributed by atoms with Crippen LogP contribution in [0, 0.1) is 0 Å². The Balaban J connectivity index is 2.38. The van der Waals surface area contributed by atoms with Gasteiger partial charge in [-0.15, -0.1) is 0 Å². The first kappa shape index (κ1) is 12.2. The number of carbonyl (C=O) groups excluding carboxylic acids is 2. The van der Waals surface area contributed by atoms with Crippen molar-refractivity contribution in [1.82, 2.24) is 0 Å². The van der Waals surface area contributed by atoms with Gasteiger partial charge >= 0.3 is 11.9 Å². The molecule has 0 fully saturated rings. The van der Waals surface area contributed by atoms with E-state index in [0.717, 1.165) is 5.56 Å². The highest BCUT2D eigenvalue weighted by Crippen LogP contribution is 2.03. The minimum absolute atomic E-state index is 0.186. The molecule has 0 amide bonds. The van der Waals surface area contributed by atoms with Crippen LogP contribution in [-0.4, -0.2) is 18.0 Å². The minimum Gasteiger partial charge on any atom is -0.458 e. The van der Waals surface area contributed by atoms with E-state index in [1.165, 1.54) is 13.8 Å². The Labute approximate surface area is 94.2 Å². The van der Waals surface area contributed by atoms with E-state index in [-0.39, 0.29) is 6.61 Å². The Hall–Kier alpha value is -1.84. The molecular weight excluding hydrogens is 208 g/mol. The molecule has 0 unspecified atom stereocenters. The first-order chi connectivity index (χ1) is 7.59. The van der Waals surface area contributed by atoms with Crippen LogP contribution in [0.5, 0.6) is 0 Å². The molecule has 1 aromatic rings. The van der Waals surface area contributed by atoms with Gasteiger partial charge in [-0.3, -0.25) is 4.79 Å². The van der Waals surface area contributed by atoms with Crippen molar-refractivity contribution in [1.29, 1.82) is 0 Å². The smallest absolute Gasteiger partial charge is 0.347 e. The van der Waals surface area contributed by atoms with Gasteiger partial charge in [-0.05, 0) is 12.5 Å². The molecule has 0 saturated heterocycles. The molecule has 0 spiro atoms. The van der Waals surface area contributed by atoms with E-state index < -0.39 is 18.0 Å². The molecule has 86 valence electrons. The summed E-state index contributed by atoms with van der Waals surface area (Å²) in [6.07, 6.45) is -0.860. The van der Waals surface area contributed by atoms with E-state index in [4.69, 9.17) is 4.74 Å². The molecule has 0 N–H and O–H groups in total. The summed E-state index contributed by atoms with van der Waals surface area (Å²) in [4.78, 5) is 22.0. The van der Waals surface area contributed by atoms with E-state index in [9.17, 15) is 9.59 Å². The molecule has 1 aromatic carbocycles. The first-order valence-corrected chi connectivity index (χ1v) is 4.97. The highest BCUT2D eigenvalue weighted by Gasteiger charge is 2.17. The van der Waals surface area contributed by atoms with Crippen LogP contribution < -0.4 is 0 Å². The van der Waals surface area contributed by atoms with Crippen LogP contribution in [0.4, 0.5) is 0 Å². The second-order valence-electron chi connectivity index (χ2n) is 3.34. The second kappa shape index (κ2) is 5.90. The van der Waals surface area contributed by atoms with Crippen molar-refractivity contribution in [2.45, 2.75) is 26.6 Å². The summed E-state index contributed by atoms with van der Waals surface area (Å²) >= 11 is 0. The van der Waals surface area contributed by atoms with E-state index in [0.29, 0.717) is 0 Å². The highest BCUT2D eigenvalue weighted by atomic mass is 16.6. The van der Waals surface area contributed by atoms with E-state index in [1.807, 2.05) is 30.3 Å². The van der Waals surface area contributed by atoms with Crippen molar-refractivity contribution in [3.8, 4) is 0 Å². The lowest BCUT2D eigenvalue weighted by Crippen LogP contribution is -2.25. The summed E-state index contributed by atoms with van der Waals surface area (Å²) in [7, 11) is 0. The lowest BCUT2D eigenvalue weighted by molar-refractivity contribution is -0.166. The Morgan fingerprint density at radius 2 is 1.88 bits per heavy atom. The Kier molecular flexibility index (Phi) is 4.51. The van der Waals surface area contributed by atoms with Crippen molar-refractivity contribution in [3.05, 3.63) is 35.9 Å². The monoisotopic (exact) mass is 222 g/mol. The zero-order chi connectivity index (χ0) is 12.0. The normalized spacial score (nSPS) is 11.6. The molecule has 1 atom stereocenters. The summed E-state index contributed by atoms with van der Waals surface area (Å²) in [5.41, 5.74) is 0.894. The summed E-state index contributed by atoms with van der Waals surface area (Å²) < 4.78 is 9.66. The Morgan fingerprint density at radius 1 is 1.25 bits per heavy atom. The van der Waals surface area contributed by atoms with Crippen LogP contribution >= 0.6 is 0 Å². The number of hydrogen-bond donors (Lipinski definition) is 0. The number of benzene rings is 1. The fraction of sp³-hybridized carbons (Fsp3) is 0.333. The zero-order valence-corrected chi connectivity index (χ0v) is 9.30. The molecule has 4 nitrogen and oxygen atoms in total. The average Bonchev–Trinajstić information content (AvgIpc) is 2.26. The van der Waals surface area contributed by atoms with Crippen LogP contribution in [0.2, 0.25) is 0 Å². The van der Waals surface area contributed by atoms with Crippen LogP contribution in [0.1, 0.15) is 19.4 Å². The number of rotatable bonds is 4. The SMILES string of the molecule is CC(=O)O[C@H](C)C(=O)OCc1ccccc1. The van der Waals surface area contributed by atoms with Gasteiger partial charge < -0.3 is 9.47 Å². The van der Waals surface area contributed by atoms with Crippen LogP contribution in [0.15, 0.2) is 30.3 Å². The van der Waals surface area contributed by atoms with Crippen molar-refractivity contribution in [2.75, 3.05) is 0 Å². The van der Waals surface area contributed by atoms with Gasteiger partial charge in [-0.2, -0.15) is 0 Å². The summed E-state index contributed by atoms with van der Waals surface area (Å²) in [5, 5.41) is 0. The van der Waals surface area contributed by atoms with E-state index >= 15 is 0 Å². The fourth-order valence-corrected chi connectivity index (χ4v) is 1.14. The van der Waals surface area contributed by atoms with Gasteiger partial charge in [0.05, 0.1) is 0 Å². The standard InChI is InChI=1S/C12H14O4/c1-9(16-10(2)13)12(14)15-8-11-6-4-3-5-7-11/h3-7,9H,8H2,1-2H3/t9-/m1/s1. The van der Waals surface area contributed by atoms with E-state index in [1.54, 1.807) is 0 Å². The topological polar surface area (TPSA) is 52.6 Å². The molecule has 4 heteroatoms. The van der Waals surface area contributed by atoms with Crippen molar-refractivity contribution >= 4 is 11.9 Å². The van der Waals surface area contributed by atoms with Crippen molar-refractivity contribution in [3.63, 3.8) is 0 Å².